The molecule has 90 valence electrons. The third kappa shape index (κ3) is 3.11. The number of amides is 1. The van der Waals surface area contributed by atoms with Crippen molar-refractivity contribution in [2.24, 2.45) is 0 Å². The minimum absolute atomic E-state index is 0.224. The van der Waals surface area contributed by atoms with Gasteiger partial charge in [0.25, 0.3) is 5.91 Å². The Hall–Kier alpha value is -1.73. The molecular weight excluding hydrogens is 240 g/mol. The fraction of sp³-hybridized carbons (Fsp3) is 0.300. The molecule has 7 heteroatoms. The number of hydrogen-bond acceptors (Lipinski definition) is 5. The van der Waals surface area contributed by atoms with Crippen molar-refractivity contribution in [3.63, 3.8) is 0 Å². The van der Waals surface area contributed by atoms with Gasteiger partial charge in [-0.3, -0.25) is 9.48 Å². The van der Waals surface area contributed by atoms with E-state index in [9.17, 15) is 4.79 Å². The molecule has 1 amide bonds. The maximum Gasteiger partial charge on any atom is 0.275 e. The number of anilines is 1. The van der Waals surface area contributed by atoms with E-state index in [1.54, 1.807) is 35.1 Å². The standard InChI is InChI=1S/C10H12N4O2S/c1-16-3-2-14-5-8(4-12-14)13-10(15)9-6-17-7-11-9/h4-7H,2-3H2,1H3,(H,13,15). The quantitative estimate of drug-likeness (QED) is 0.869. The van der Waals surface area contributed by atoms with E-state index in [0.29, 0.717) is 24.5 Å². The van der Waals surface area contributed by atoms with Gasteiger partial charge in [0.05, 0.1) is 30.5 Å². The van der Waals surface area contributed by atoms with Crippen LogP contribution in [-0.2, 0) is 11.3 Å². The zero-order chi connectivity index (χ0) is 12.1. The van der Waals surface area contributed by atoms with Crippen LogP contribution in [0.25, 0.3) is 0 Å². The number of nitrogens with one attached hydrogen (secondary N) is 1. The van der Waals surface area contributed by atoms with Gasteiger partial charge in [-0.15, -0.1) is 11.3 Å². The average Bonchev–Trinajstić information content (AvgIpc) is 2.97. The van der Waals surface area contributed by atoms with E-state index in [4.69, 9.17) is 4.74 Å². The molecule has 2 heterocycles. The Kier molecular flexibility index (Phi) is 3.84. The first kappa shape index (κ1) is 11.7. The van der Waals surface area contributed by atoms with Crippen LogP contribution in [-0.4, -0.2) is 34.4 Å². The molecule has 0 aliphatic rings. The van der Waals surface area contributed by atoms with Gasteiger partial charge in [-0.1, -0.05) is 0 Å². The Morgan fingerprint density at radius 1 is 1.65 bits per heavy atom. The summed E-state index contributed by atoms with van der Waals surface area (Å²) >= 11 is 1.39. The van der Waals surface area contributed by atoms with Gasteiger partial charge >= 0.3 is 0 Å². The first-order valence-corrected chi connectivity index (χ1v) is 5.95. The van der Waals surface area contributed by atoms with Gasteiger partial charge in [-0.05, 0) is 0 Å². The average molecular weight is 252 g/mol. The minimum atomic E-state index is -0.224. The molecule has 6 nitrogen and oxygen atoms in total. The first-order valence-electron chi connectivity index (χ1n) is 5.00. The number of thiazole rings is 1. The predicted octanol–water partition coefficient (Wildman–Crippen LogP) is 1.24. The molecule has 2 aromatic rings. The summed E-state index contributed by atoms with van der Waals surface area (Å²) < 4.78 is 6.65. The number of methoxy groups -OCH3 is 1. The van der Waals surface area contributed by atoms with Gasteiger partial charge in [-0.25, -0.2) is 4.98 Å². The lowest BCUT2D eigenvalue weighted by Crippen LogP contribution is -2.11. The Morgan fingerprint density at radius 3 is 3.24 bits per heavy atom. The van der Waals surface area contributed by atoms with E-state index in [1.165, 1.54) is 11.3 Å². The van der Waals surface area contributed by atoms with E-state index in [-0.39, 0.29) is 5.91 Å². The van der Waals surface area contributed by atoms with Crippen LogP contribution < -0.4 is 5.32 Å². The van der Waals surface area contributed by atoms with Gasteiger partial charge in [0, 0.05) is 18.7 Å². The summed E-state index contributed by atoms with van der Waals surface area (Å²) in [5, 5.41) is 8.51. The number of rotatable bonds is 5. The number of ether oxygens (including phenoxy) is 1. The van der Waals surface area contributed by atoms with Crippen LogP contribution in [0.4, 0.5) is 5.69 Å². The van der Waals surface area contributed by atoms with E-state index in [0.717, 1.165) is 0 Å². The van der Waals surface area contributed by atoms with E-state index < -0.39 is 0 Å². The highest BCUT2D eigenvalue weighted by molar-refractivity contribution is 7.07. The SMILES string of the molecule is COCCn1cc(NC(=O)c2cscn2)cn1. The van der Waals surface area contributed by atoms with Crippen molar-refractivity contribution in [1.29, 1.82) is 0 Å². The fourth-order valence-corrected chi connectivity index (χ4v) is 1.79. The maximum absolute atomic E-state index is 11.7. The van der Waals surface area contributed by atoms with Crippen molar-refractivity contribution < 1.29 is 9.53 Å². The lowest BCUT2D eigenvalue weighted by Gasteiger charge is -1.99. The number of aromatic nitrogens is 3. The summed E-state index contributed by atoms with van der Waals surface area (Å²) in [6.07, 6.45) is 3.35. The Bertz CT molecular complexity index is 480. The second kappa shape index (κ2) is 5.55. The van der Waals surface area contributed by atoms with Crippen molar-refractivity contribution in [2.45, 2.75) is 6.54 Å². The minimum Gasteiger partial charge on any atom is -0.383 e. The van der Waals surface area contributed by atoms with Crippen molar-refractivity contribution in [3.8, 4) is 0 Å². The van der Waals surface area contributed by atoms with Crippen molar-refractivity contribution in [3.05, 3.63) is 29.0 Å². The van der Waals surface area contributed by atoms with Gasteiger partial charge < -0.3 is 10.1 Å². The zero-order valence-electron chi connectivity index (χ0n) is 9.29. The highest BCUT2D eigenvalue weighted by atomic mass is 32.1. The van der Waals surface area contributed by atoms with Crippen LogP contribution in [0.5, 0.6) is 0 Å². The zero-order valence-corrected chi connectivity index (χ0v) is 10.1. The van der Waals surface area contributed by atoms with Gasteiger partial charge in [0.2, 0.25) is 0 Å². The maximum atomic E-state index is 11.7. The molecule has 0 unspecified atom stereocenters. The monoisotopic (exact) mass is 252 g/mol. The van der Waals surface area contributed by atoms with E-state index >= 15 is 0 Å². The number of nitrogens with zero attached hydrogens (tertiary/aromatic N) is 3. The summed E-state index contributed by atoms with van der Waals surface area (Å²) in [6.45, 7) is 1.24. The molecule has 17 heavy (non-hydrogen) atoms. The molecular formula is C10H12N4O2S. The Labute approximate surface area is 102 Å². The fourth-order valence-electron chi connectivity index (χ4n) is 1.26. The molecule has 2 rings (SSSR count). The van der Waals surface area contributed by atoms with Gasteiger partial charge in [-0.2, -0.15) is 5.10 Å². The highest BCUT2D eigenvalue weighted by Crippen LogP contribution is 2.08. The summed E-state index contributed by atoms with van der Waals surface area (Å²) in [5.41, 5.74) is 2.69. The summed E-state index contributed by atoms with van der Waals surface area (Å²) in [4.78, 5) is 15.6. The molecule has 2 aromatic heterocycles. The predicted molar refractivity (Wildman–Crippen MR) is 64.2 cm³/mol. The Morgan fingerprint density at radius 2 is 2.53 bits per heavy atom. The van der Waals surface area contributed by atoms with Gasteiger partial charge in [0.1, 0.15) is 5.69 Å². The summed E-state index contributed by atoms with van der Waals surface area (Å²) in [6, 6.07) is 0. The van der Waals surface area contributed by atoms with Crippen molar-refractivity contribution in [1.82, 2.24) is 14.8 Å². The number of carbonyl (C=O) groups excluding carboxylic acids is 1. The van der Waals surface area contributed by atoms with Crippen LogP contribution in [0.3, 0.4) is 0 Å². The molecule has 0 atom stereocenters. The molecule has 0 aliphatic carbocycles. The number of hydrogen-bond donors (Lipinski definition) is 1. The van der Waals surface area contributed by atoms with Crippen LogP contribution in [0.1, 0.15) is 10.5 Å². The van der Waals surface area contributed by atoms with E-state index in [1.807, 2.05) is 0 Å². The summed E-state index contributed by atoms with van der Waals surface area (Å²) in [5.74, 6) is -0.224. The van der Waals surface area contributed by atoms with Crippen molar-refractivity contribution >= 4 is 22.9 Å². The van der Waals surface area contributed by atoms with Crippen LogP contribution in [0.15, 0.2) is 23.3 Å². The molecule has 0 aromatic carbocycles. The normalized spacial score (nSPS) is 10.4. The highest BCUT2D eigenvalue weighted by Gasteiger charge is 2.08. The lowest BCUT2D eigenvalue weighted by atomic mass is 10.4. The first-order chi connectivity index (χ1) is 8.29. The van der Waals surface area contributed by atoms with Crippen molar-refractivity contribution in [2.75, 3.05) is 19.0 Å². The lowest BCUT2D eigenvalue weighted by molar-refractivity contribution is 0.102. The third-order valence-corrected chi connectivity index (χ3v) is 2.67. The van der Waals surface area contributed by atoms with Crippen LogP contribution in [0, 0.1) is 0 Å². The third-order valence-electron chi connectivity index (χ3n) is 2.08. The van der Waals surface area contributed by atoms with Crippen LogP contribution >= 0.6 is 11.3 Å². The summed E-state index contributed by atoms with van der Waals surface area (Å²) in [7, 11) is 1.63. The number of carbonyl (C=O) groups is 1. The molecule has 0 bridgehead atoms. The van der Waals surface area contributed by atoms with Crippen LogP contribution in [0.2, 0.25) is 0 Å². The molecule has 0 aliphatic heterocycles. The Balaban J connectivity index is 1.95. The van der Waals surface area contributed by atoms with Gasteiger partial charge in [0.15, 0.2) is 0 Å². The second-order valence-electron chi connectivity index (χ2n) is 3.31. The smallest absolute Gasteiger partial charge is 0.275 e. The second-order valence-corrected chi connectivity index (χ2v) is 4.03. The largest absolute Gasteiger partial charge is 0.383 e. The molecule has 0 saturated carbocycles. The molecule has 0 spiro atoms. The molecule has 0 saturated heterocycles. The van der Waals surface area contributed by atoms with E-state index in [2.05, 4.69) is 15.4 Å². The molecule has 1 N–H and O–H groups in total. The molecule has 0 radical (unpaired) electrons. The molecule has 0 fully saturated rings. The topological polar surface area (TPSA) is 69.0 Å².